The topological polar surface area (TPSA) is 37.3 Å². The molecule has 0 saturated carbocycles. The van der Waals surface area contributed by atoms with Crippen molar-refractivity contribution in [3.63, 3.8) is 0 Å². The zero-order valence-electron chi connectivity index (χ0n) is 19.4. The van der Waals surface area contributed by atoms with Crippen molar-refractivity contribution in [2.75, 3.05) is 5.32 Å². The van der Waals surface area contributed by atoms with Gasteiger partial charge in [0.25, 0.3) is 0 Å². The molecular formula is C29H27N3OS. The van der Waals surface area contributed by atoms with Gasteiger partial charge in [-0.3, -0.25) is 0 Å². The standard InChI is InChI=1S/C29H27N3OS/c1-21-11-6-8-15-25(21)30-29(33)32(19-22-12-4-3-5-13-22)20-24-23-14-7-9-16-26(23)31(2)28(24)27-17-10-18-34-27/h3-18H,19-20H2,1-2H3,(H,30,33). The van der Waals surface area contributed by atoms with Gasteiger partial charge in [0.15, 0.2) is 0 Å². The number of hydrogen-bond donors (Lipinski definition) is 1. The van der Waals surface area contributed by atoms with E-state index in [4.69, 9.17) is 0 Å². The van der Waals surface area contributed by atoms with Gasteiger partial charge in [0.1, 0.15) is 0 Å². The van der Waals surface area contributed by atoms with Gasteiger partial charge in [0.05, 0.1) is 17.1 Å². The van der Waals surface area contributed by atoms with Crippen LogP contribution in [0.5, 0.6) is 0 Å². The third-order valence-corrected chi connectivity index (χ3v) is 7.08. The monoisotopic (exact) mass is 465 g/mol. The van der Waals surface area contributed by atoms with Crippen molar-refractivity contribution in [2.24, 2.45) is 7.05 Å². The number of rotatable bonds is 6. The summed E-state index contributed by atoms with van der Waals surface area (Å²) in [6.07, 6.45) is 0. The van der Waals surface area contributed by atoms with E-state index >= 15 is 0 Å². The van der Waals surface area contributed by atoms with Crippen LogP contribution in [0.15, 0.2) is 96.4 Å². The van der Waals surface area contributed by atoms with Crippen LogP contribution < -0.4 is 5.32 Å². The summed E-state index contributed by atoms with van der Waals surface area (Å²) in [4.78, 5) is 16.7. The molecule has 3 aromatic carbocycles. The Morgan fingerprint density at radius 2 is 1.62 bits per heavy atom. The van der Waals surface area contributed by atoms with Crippen molar-refractivity contribution in [3.8, 4) is 10.6 Å². The van der Waals surface area contributed by atoms with Crippen molar-refractivity contribution in [2.45, 2.75) is 20.0 Å². The summed E-state index contributed by atoms with van der Waals surface area (Å²) in [5.74, 6) is 0. The molecule has 2 amide bonds. The third kappa shape index (κ3) is 4.35. The maximum atomic E-state index is 13.6. The summed E-state index contributed by atoms with van der Waals surface area (Å²) in [5, 5.41) is 6.42. The van der Waals surface area contributed by atoms with Gasteiger partial charge in [-0.25, -0.2) is 4.79 Å². The zero-order chi connectivity index (χ0) is 23.5. The summed E-state index contributed by atoms with van der Waals surface area (Å²) in [5.41, 5.74) is 6.47. The normalized spacial score (nSPS) is 11.0. The van der Waals surface area contributed by atoms with E-state index in [1.165, 1.54) is 15.8 Å². The number of fused-ring (bicyclic) bond motifs is 1. The van der Waals surface area contributed by atoms with Crippen molar-refractivity contribution >= 4 is 34.0 Å². The van der Waals surface area contributed by atoms with Gasteiger partial charge >= 0.3 is 6.03 Å². The first-order chi connectivity index (χ1) is 16.6. The van der Waals surface area contributed by atoms with E-state index in [0.717, 1.165) is 28.1 Å². The van der Waals surface area contributed by atoms with E-state index < -0.39 is 0 Å². The van der Waals surface area contributed by atoms with E-state index in [2.05, 4.69) is 70.8 Å². The van der Waals surface area contributed by atoms with Crippen molar-refractivity contribution < 1.29 is 4.79 Å². The van der Waals surface area contributed by atoms with Crippen molar-refractivity contribution in [1.29, 1.82) is 0 Å². The number of amides is 2. The van der Waals surface area contributed by atoms with Crippen LogP contribution in [0.25, 0.3) is 21.5 Å². The Kier molecular flexibility index (Phi) is 6.19. The SMILES string of the molecule is Cc1ccccc1NC(=O)N(Cc1ccccc1)Cc1c(-c2cccs2)n(C)c2ccccc12. The Labute approximate surface area is 204 Å². The minimum Gasteiger partial charge on any atom is -0.343 e. The second kappa shape index (κ2) is 9.57. The summed E-state index contributed by atoms with van der Waals surface area (Å²) in [6.45, 7) is 3.03. The fourth-order valence-corrected chi connectivity index (χ4v) is 5.29. The molecule has 5 heteroatoms. The average molecular weight is 466 g/mol. The summed E-state index contributed by atoms with van der Waals surface area (Å²) < 4.78 is 2.25. The second-order valence-corrected chi connectivity index (χ2v) is 9.42. The highest BCUT2D eigenvalue weighted by atomic mass is 32.1. The molecule has 5 aromatic rings. The van der Waals surface area contributed by atoms with E-state index in [-0.39, 0.29) is 6.03 Å². The van der Waals surface area contributed by atoms with E-state index in [9.17, 15) is 4.79 Å². The number of urea groups is 1. The summed E-state index contributed by atoms with van der Waals surface area (Å²) in [6, 6.07) is 30.6. The molecule has 0 radical (unpaired) electrons. The molecule has 0 fully saturated rings. The first kappa shape index (κ1) is 22.0. The molecule has 170 valence electrons. The van der Waals surface area contributed by atoms with Crippen LogP contribution in [0.3, 0.4) is 0 Å². The molecule has 4 nitrogen and oxygen atoms in total. The minimum atomic E-state index is -0.108. The molecule has 0 spiro atoms. The Bertz CT molecular complexity index is 1420. The highest BCUT2D eigenvalue weighted by molar-refractivity contribution is 7.13. The van der Waals surface area contributed by atoms with Crippen molar-refractivity contribution in [1.82, 2.24) is 9.47 Å². The first-order valence-corrected chi connectivity index (χ1v) is 12.3. The molecule has 2 heterocycles. The Morgan fingerprint density at radius 1 is 0.882 bits per heavy atom. The minimum absolute atomic E-state index is 0.108. The van der Waals surface area contributed by atoms with Crippen LogP contribution in [-0.2, 0) is 20.1 Å². The lowest BCUT2D eigenvalue weighted by atomic mass is 10.1. The lowest BCUT2D eigenvalue weighted by Gasteiger charge is -2.24. The Morgan fingerprint density at radius 3 is 2.38 bits per heavy atom. The molecule has 5 rings (SSSR count). The average Bonchev–Trinajstić information content (AvgIpc) is 3.48. The van der Waals surface area contributed by atoms with Gasteiger partial charge in [-0.15, -0.1) is 11.3 Å². The lowest BCUT2D eigenvalue weighted by Crippen LogP contribution is -2.34. The number of carbonyl (C=O) groups is 1. The maximum Gasteiger partial charge on any atom is 0.322 e. The number of thiophene rings is 1. The van der Waals surface area contributed by atoms with E-state index in [0.29, 0.717) is 13.1 Å². The van der Waals surface area contributed by atoms with Gasteiger partial charge in [-0.1, -0.05) is 72.8 Å². The predicted molar refractivity (Wildman–Crippen MR) is 142 cm³/mol. The molecule has 1 N–H and O–H groups in total. The van der Waals surface area contributed by atoms with Gasteiger partial charge < -0.3 is 14.8 Å². The fraction of sp³-hybridized carbons (Fsp3) is 0.138. The van der Waals surface area contributed by atoms with Gasteiger partial charge in [0.2, 0.25) is 0 Å². The number of hydrogen-bond acceptors (Lipinski definition) is 2. The van der Waals surface area contributed by atoms with Crippen LogP contribution in [0.4, 0.5) is 10.5 Å². The number of carbonyl (C=O) groups excluding carboxylic acids is 1. The molecule has 0 bridgehead atoms. The second-order valence-electron chi connectivity index (χ2n) is 8.47. The van der Waals surface area contributed by atoms with Crippen LogP contribution in [-0.4, -0.2) is 15.5 Å². The number of aryl methyl sites for hydroxylation is 2. The Hall–Kier alpha value is -3.83. The summed E-state index contributed by atoms with van der Waals surface area (Å²) >= 11 is 1.72. The number of nitrogens with one attached hydrogen (secondary N) is 1. The Balaban J connectivity index is 1.57. The molecule has 0 aliphatic heterocycles. The molecule has 0 saturated heterocycles. The van der Waals surface area contributed by atoms with Gasteiger partial charge in [0, 0.05) is 35.7 Å². The molecule has 0 aliphatic rings. The first-order valence-electron chi connectivity index (χ1n) is 11.4. The lowest BCUT2D eigenvalue weighted by molar-refractivity contribution is 0.206. The molecule has 0 aliphatic carbocycles. The smallest absolute Gasteiger partial charge is 0.322 e. The van der Waals surface area contributed by atoms with E-state index in [1.54, 1.807) is 11.3 Å². The molecular weight excluding hydrogens is 438 g/mol. The molecule has 34 heavy (non-hydrogen) atoms. The van der Waals surface area contributed by atoms with Crippen LogP contribution >= 0.6 is 11.3 Å². The summed E-state index contributed by atoms with van der Waals surface area (Å²) in [7, 11) is 2.11. The number of para-hydroxylation sites is 2. The molecule has 2 aromatic heterocycles. The quantitative estimate of drug-likeness (QED) is 0.278. The van der Waals surface area contributed by atoms with Gasteiger partial charge in [-0.05, 0) is 41.6 Å². The third-order valence-electron chi connectivity index (χ3n) is 6.21. The predicted octanol–water partition coefficient (Wildman–Crippen LogP) is 7.45. The highest BCUT2D eigenvalue weighted by Gasteiger charge is 2.23. The number of benzene rings is 3. The number of anilines is 1. The van der Waals surface area contributed by atoms with Crippen LogP contribution in [0.2, 0.25) is 0 Å². The zero-order valence-corrected chi connectivity index (χ0v) is 20.2. The largest absolute Gasteiger partial charge is 0.343 e. The van der Waals surface area contributed by atoms with E-state index in [1.807, 2.05) is 54.3 Å². The molecule has 0 atom stereocenters. The highest BCUT2D eigenvalue weighted by Crippen LogP contribution is 2.36. The number of aromatic nitrogens is 1. The molecule has 0 unspecified atom stereocenters. The maximum absolute atomic E-state index is 13.6. The van der Waals surface area contributed by atoms with Crippen molar-refractivity contribution in [3.05, 3.63) is 113 Å². The van der Waals surface area contributed by atoms with Gasteiger partial charge in [-0.2, -0.15) is 0 Å². The fourth-order valence-electron chi connectivity index (χ4n) is 4.46. The number of nitrogens with zero attached hydrogens (tertiary/aromatic N) is 2. The van der Waals surface area contributed by atoms with Crippen LogP contribution in [0, 0.1) is 6.92 Å². The van der Waals surface area contributed by atoms with Crippen LogP contribution in [0.1, 0.15) is 16.7 Å².